The van der Waals surface area contributed by atoms with Crippen LogP contribution in [0.2, 0.25) is 5.02 Å². The Kier molecular flexibility index (Phi) is 7.32. The molecule has 2 rings (SSSR count). The average molecular weight is 388 g/mol. The molecule has 3 N–H and O–H groups in total. The third-order valence-electron chi connectivity index (χ3n) is 3.33. The predicted molar refractivity (Wildman–Crippen MR) is 107 cm³/mol. The molecular weight excluding hydrogens is 370 g/mol. The Morgan fingerprint density at radius 3 is 2.35 bits per heavy atom. The van der Waals surface area contributed by atoms with Crippen molar-refractivity contribution in [2.75, 3.05) is 0 Å². The Labute approximate surface area is 162 Å². The van der Waals surface area contributed by atoms with Crippen LogP contribution in [0.25, 0.3) is 6.08 Å². The van der Waals surface area contributed by atoms with Crippen molar-refractivity contribution < 1.29 is 9.59 Å². The summed E-state index contributed by atoms with van der Waals surface area (Å²) in [6.07, 6.45) is 3.21. The van der Waals surface area contributed by atoms with Crippen LogP contribution in [0.3, 0.4) is 0 Å². The van der Waals surface area contributed by atoms with Crippen LogP contribution >= 0.6 is 23.8 Å². The summed E-state index contributed by atoms with van der Waals surface area (Å²) in [5.41, 5.74) is 7.78. The van der Waals surface area contributed by atoms with Crippen molar-refractivity contribution in [3.63, 3.8) is 0 Å². The lowest BCUT2D eigenvalue weighted by molar-refractivity contribution is -0.121. The molecule has 0 saturated carbocycles. The third-order valence-corrected chi connectivity index (χ3v) is 3.79. The molecule has 0 fully saturated rings. The molecular formula is C19H18ClN3O2S. The van der Waals surface area contributed by atoms with Crippen molar-refractivity contribution in [1.29, 1.82) is 0 Å². The van der Waals surface area contributed by atoms with Crippen LogP contribution in [0.15, 0.2) is 54.6 Å². The lowest BCUT2D eigenvalue weighted by Crippen LogP contribution is -2.48. The molecule has 0 aliphatic carbocycles. The van der Waals surface area contributed by atoms with E-state index in [1.54, 1.807) is 30.3 Å². The summed E-state index contributed by atoms with van der Waals surface area (Å²) in [5, 5.41) is 3.06. The van der Waals surface area contributed by atoms with Crippen LogP contribution in [0.4, 0.5) is 0 Å². The molecule has 2 aromatic rings. The number of benzene rings is 2. The molecule has 7 heteroatoms. The smallest absolute Gasteiger partial charge is 0.250 e. The molecule has 0 unspecified atom stereocenters. The molecule has 2 aromatic carbocycles. The van der Waals surface area contributed by atoms with E-state index in [-0.39, 0.29) is 17.4 Å². The Balaban J connectivity index is 1.73. The van der Waals surface area contributed by atoms with Gasteiger partial charge < -0.3 is 0 Å². The number of hydrazine groups is 1. The molecule has 0 heterocycles. The number of hydrogen-bond donors (Lipinski definition) is 3. The Morgan fingerprint density at radius 2 is 1.69 bits per heavy atom. The minimum atomic E-state index is -0.393. The summed E-state index contributed by atoms with van der Waals surface area (Å²) >= 11 is 10.8. The van der Waals surface area contributed by atoms with Gasteiger partial charge in [0.2, 0.25) is 11.8 Å². The number of nitrogens with one attached hydrogen (secondary N) is 3. The molecule has 134 valence electrons. The van der Waals surface area contributed by atoms with Gasteiger partial charge in [0.15, 0.2) is 5.11 Å². The first-order chi connectivity index (χ1) is 12.4. The normalized spacial score (nSPS) is 10.4. The van der Waals surface area contributed by atoms with Crippen molar-refractivity contribution in [2.45, 2.75) is 13.3 Å². The topological polar surface area (TPSA) is 70.2 Å². The van der Waals surface area contributed by atoms with E-state index in [0.717, 1.165) is 16.7 Å². The molecule has 0 saturated heterocycles. The van der Waals surface area contributed by atoms with Crippen molar-refractivity contribution in [3.05, 3.63) is 76.3 Å². The summed E-state index contributed by atoms with van der Waals surface area (Å²) < 4.78 is 0. The number of aryl methyl sites for hydroxylation is 1. The highest BCUT2D eigenvalue weighted by Gasteiger charge is 2.05. The summed E-state index contributed by atoms with van der Waals surface area (Å²) in [6.45, 7) is 1.99. The van der Waals surface area contributed by atoms with Crippen molar-refractivity contribution >= 4 is 46.8 Å². The van der Waals surface area contributed by atoms with Crippen LogP contribution < -0.4 is 16.2 Å². The molecule has 0 spiro atoms. The molecule has 2 amide bonds. The fourth-order valence-electron chi connectivity index (χ4n) is 1.99. The second kappa shape index (κ2) is 9.70. The number of carbonyl (C=O) groups excluding carboxylic acids is 2. The van der Waals surface area contributed by atoms with Gasteiger partial charge in [0.05, 0.1) is 6.42 Å². The van der Waals surface area contributed by atoms with Gasteiger partial charge >= 0.3 is 0 Å². The molecule has 0 bridgehead atoms. The second-order valence-electron chi connectivity index (χ2n) is 5.54. The fourth-order valence-corrected chi connectivity index (χ4v) is 2.27. The zero-order chi connectivity index (χ0) is 18.9. The Hall–Kier alpha value is -2.70. The summed E-state index contributed by atoms with van der Waals surface area (Å²) in [5.74, 6) is -0.686. The van der Waals surface area contributed by atoms with Crippen LogP contribution in [0.1, 0.15) is 16.7 Å². The zero-order valence-corrected chi connectivity index (χ0v) is 15.7. The van der Waals surface area contributed by atoms with Crippen LogP contribution in [0, 0.1) is 6.92 Å². The number of carbonyl (C=O) groups is 2. The van der Waals surface area contributed by atoms with Crippen LogP contribution in [-0.4, -0.2) is 16.9 Å². The van der Waals surface area contributed by atoms with Crippen molar-refractivity contribution in [2.24, 2.45) is 0 Å². The highest BCUT2D eigenvalue weighted by molar-refractivity contribution is 7.80. The van der Waals surface area contributed by atoms with Gasteiger partial charge in [-0.1, -0.05) is 53.6 Å². The summed E-state index contributed by atoms with van der Waals surface area (Å²) in [6, 6.07) is 14.7. The van der Waals surface area contributed by atoms with Crippen molar-refractivity contribution in [1.82, 2.24) is 16.2 Å². The van der Waals surface area contributed by atoms with E-state index in [1.807, 2.05) is 31.2 Å². The quantitative estimate of drug-likeness (QED) is 0.428. The maximum absolute atomic E-state index is 11.8. The summed E-state index contributed by atoms with van der Waals surface area (Å²) in [7, 11) is 0. The van der Waals surface area contributed by atoms with Gasteiger partial charge in [0.25, 0.3) is 0 Å². The highest BCUT2D eigenvalue weighted by atomic mass is 35.5. The van der Waals surface area contributed by atoms with E-state index in [0.29, 0.717) is 5.02 Å². The second-order valence-corrected chi connectivity index (χ2v) is 6.38. The van der Waals surface area contributed by atoms with E-state index in [1.165, 1.54) is 6.08 Å². The van der Waals surface area contributed by atoms with Gasteiger partial charge in [-0.25, -0.2) is 0 Å². The average Bonchev–Trinajstić information content (AvgIpc) is 2.61. The van der Waals surface area contributed by atoms with Gasteiger partial charge in [0, 0.05) is 11.1 Å². The first kappa shape index (κ1) is 19.6. The monoisotopic (exact) mass is 387 g/mol. The number of hydrogen-bond acceptors (Lipinski definition) is 3. The maximum atomic E-state index is 11.8. The number of halogens is 1. The largest absolute Gasteiger partial charge is 0.298 e. The standard InChI is InChI=1S/C19H18ClN3O2S/c1-13-2-4-14(5-3-13)8-11-17(24)21-19(26)23-22-18(25)12-15-6-9-16(20)10-7-15/h2-11H,12H2,1H3,(H,22,25)(H2,21,23,24,26)/b11-8+. The van der Waals surface area contributed by atoms with Gasteiger partial charge in [-0.05, 0) is 48.5 Å². The van der Waals surface area contributed by atoms with Gasteiger partial charge in [-0.3, -0.25) is 25.8 Å². The molecule has 5 nitrogen and oxygen atoms in total. The maximum Gasteiger partial charge on any atom is 0.250 e. The minimum absolute atomic E-state index is 0.00742. The lowest BCUT2D eigenvalue weighted by atomic mass is 10.1. The minimum Gasteiger partial charge on any atom is -0.298 e. The van der Waals surface area contributed by atoms with Gasteiger partial charge in [-0.15, -0.1) is 0 Å². The van der Waals surface area contributed by atoms with Crippen LogP contribution in [-0.2, 0) is 16.0 Å². The lowest BCUT2D eigenvalue weighted by Gasteiger charge is -2.09. The molecule has 0 atom stereocenters. The van der Waals surface area contributed by atoms with Gasteiger partial charge in [0.1, 0.15) is 0 Å². The zero-order valence-electron chi connectivity index (χ0n) is 14.1. The van der Waals surface area contributed by atoms with Gasteiger partial charge in [-0.2, -0.15) is 0 Å². The van der Waals surface area contributed by atoms with Crippen molar-refractivity contribution in [3.8, 4) is 0 Å². The van der Waals surface area contributed by atoms with Crippen LogP contribution in [0.5, 0.6) is 0 Å². The molecule has 0 aliphatic rings. The van der Waals surface area contributed by atoms with E-state index in [2.05, 4.69) is 16.2 Å². The summed E-state index contributed by atoms with van der Waals surface area (Å²) in [4.78, 5) is 23.6. The van der Waals surface area contributed by atoms with E-state index < -0.39 is 5.91 Å². The first-order valence-electron chi connectivity index (χ1n) is 7.81. The highest BCUT2D eigenvalue weighted by Crippen LogP contribution is 2.09. The molecule has 26 heavy (non-hydrogen) atoms. The molecule has 0 radical (unpaired) electrons. The Morgan fingerprint density at radius 1 is 1.04 bits per heavy atom. The molecule has 0 aliphatic heterocycles. The molecule has 0 aromatic heterocycles. The van der Waals surface area contributed by atoms with E-state index in [9.17, 15) is 9.59 Å². The predicted octanol–water partition coefficient (Wildman–Crippen LogP) is 2.93. The SMILES string of the molecule is Cc1ccc(/C=C/C(=O)NC(=S)NNC(=O)Cc2ccc(Cl)cc2)cc1. The number of thiocarbonyl (C=S) groups is 1. The first-order valence-corrected chi connectivity index (χ1v) is 8.60. The van der Waals surface area contributed by atoms with E-state index >= 15 is 0 Å². The third kappa shape index (κ3) is 7.04. The fraction of sp³-hybridized carbons (Fsp3) is 0.105. The van der Waals surface area contributed by atoms with E-state index in [4.69, 9.17) is 23.8 Å². The number of amides is 2. The number of rotatable bonds is 4. The Bertz CT molecular complexity index is 818.